The maximum Gasteiger partial charge on any atom is 0.255 e. The molecule has 1 heterocycles. The summed E-state index contributed by atoms with van der Waals surface area (Å²) in [6.45, 7) is 0.693. The molecule has 0 aromatic heterocycles. The van der Waals surface area contributed by atoms with Gasteiger partial charge in [-0.15, -0.1) is 0 Å². The number of nitrogens with zero attached hydrogens (tertiary/aromatic N) is 2. The minimum atomic E-state index is -3.75. The molecule has 156 valence electrons. The van der Waals surface area contributed by atoms with Crippen molar-refractivity contribution >= 4 is 33.2 Å². The fourth-order valence-corrected chi connectivity index (χ4v) is 5.20. The third-order valence-electron chi connectivity index (χ3n) is 5.18. The molecule has 0 radical (unpaired) electrons. The van der Waals surface area contributed by atoms with Gasteiger partial charge in [-0.1, -0.05) is 41.9 Å². The van der Waals surface area contributed by atoms with E-state index >= 15 is 0 Å². The highest BCUT2D eigenvalue weighted by Gasteiger charge is 2.28. The molecule has 0 aliphatic carbocycles. The van der Waals surface area contributed by atoms with E-state index in [0.717, 1.165) is 11.1 Å². The van der Waals surface area contributed by atoms with E-state index in [4.69, 9.17) is 16.9 Å². The van der Waals surface area contributed by atoms with Crippen LogP contribution in [0, 0.1) is 11.3 Å². The standard InChI is InChI=1S/C23H18ClN3O3S/c24-22-13-20(9-8-18(22)14-25)26-23(28)17-6-3-7-21(12-17)31(29,30)27-11-10-16-4-1-2-5-19(16)15-27/h1-9,12-13H,10-11,15H2,(H,26,28). The second-order valence-corrected chi connectivity index (χ2v) is 9.49. The molecule has 31 heavy (non-hydrogen) atoms. The minimum absolute atomic E-state index is 0.0670. The van der Waals surface area contributed by atoms with Crippen molar-refractivity contribution in [1.82, 2.24) is 4.31 Å². The summed E-state index contributed by atoms with van der Waals surface area (Å²) >= 11 is 6.01. The van der Waals surface area contributed by atoms with Crippen molar-refractivity contribution in [3.63, 3.8) is 0 Å². The lowest BCUT2D eigenvalue weighted by molar-refractivity contribution is 0.102. The summed E-state index contributed by atoms with van der Waals surface area (Å²) in [5, 5.41) is 11.9. The molecule has 1 amide bonds. The van der Waals surface area contributed by atoms with E-state index in [1.165, 1.54) is 28.6 Å². The highest BCUT2D eigenvalue weighted by atomic mass is 35.5. The summed E-state index contributed by atoms with van der Waals surface area (Å²) < 4.78 is 27.8. The number of amides is 1. The molecule has 8 heteroatoms. The van der Waals surface area contributed by atoms with Crippen LogP contribution in [0.5, 0.6) is 0 Å². The Balaban J connectivity index is 1.56. The van der Waals surface area contributed by atoms with Gasteiger partial charge in [0.15, 0.2) is 0 Å². The summed E-state index contributed by atoms with van der Waals surface area (Å²) in [7, 11) is -3.75. The van der Waals surface area contributed by atoms with E-state index in [2.05, 4.69) is 5.32 Å². The number of anilines is 1. The Morgan fingerprint density at radius 1 is 1.03 bits per heavy atom. The number of sulfonamides is 1. The third kappa shape index (κ3) is 4.32. The Morgan fingerprint density at radius 2 is 1.81 bits per heavy atom. The second-order valence-electron chi connectivity index (χ2n) is 7.15. The molecule has 0 unspecified atom stereocenters. The molecular formula is C23H18ClN3O3S. The van der Waals surface area contributed by atoms with E-state index in [1.54, 1.807) is 18.2 Å². The van der Waals surface area contributed by atoms with E-state index in [1.807, 2.05) is 30.3 Å². The summed E-state index contributed by atoms with van der Waals surface area (Å²) in [5.41, 5.74) is 3.07. The Kier molecular flexibility index (Phi) is 5.79. The number of carbonyl (C=O) groups is 1. The van der Waals surface area contributed by atoms with Gasteiger partial charge in [-0.25, -0.2) is 8.42 Å². The number of benzene rings is 3. The smallest absolute Gasteiger partial charge is 0.255 e. The maximum atomic E-state index is 13.2. The Morgan fingerprint density at radius 3 is 2.55 bits per heavy atom. The zero-order valence-electron chi connectivity index (χ0n) is 16.4. The van der Waals surface area contributed by atoms with Gasteiger partial charge in [0.25, 0.3) is 5.91 Å². The first-order chi connectivity index (χ1) is 14.9. The normalized spacial score (nSPS) is 13.8. The molecule has 3 aromatic rings. The topological polar surface area (TPSA) is 90.3 Å². The molecule has 6 nitrogen and oxygen atoms in total. The maximum absolute atomic E-state index is 13.2. The third-order valence-corrected chi connectivity index (χ3v) is 7.33. The second kappa shape index (κ2) is 8.52. The number of hydrogen-bond acceptors (Lipinski definition) is 4. The van der Waals surface area contributed by atoms with Gasteiger partial charge in [0.1, 0.15) is 6.07 Å². The number of fused-ring (bicyclic) bond motifs is 1. The molecular weight excluding hydrogens is 434 g/mol. The average molecular weight is 452 g/mol. The van der Waals surface area contributed by atoms with Crippen molar-refractivity contribution < 1.29 is 13.2 Å². The van der Waals surface area contributed by atoms with Gasteiger partial charge < -0.3 is 5.32 Å². The van der Waals surface area contributed by atoms with Crippen LogP contribution < -0.4 is 5.32 Å². The average Bonchev–Trinajstić information content (AvgIpc) is 2.79. The van der Waals surface area contributed by atoms with E-state index < -0.39 is 15.9 Å². The van der Waals surface area contributed by atoms with Crippen LogP contribution in [0.25, 0.3) is 0 Å². The number of hydrogen-bond donors (Lipinski definition) is 1. The monoisotopic (exact) mass is 451 g/mol. The number of nitriles is 1. The van der Waals surface area contributed by atoms with Crippen LogP contribution >= 0.6 is 11.6 Å². The molecule has 3 aromatic carbocycles. The van der Waals surface area contributed by atoms with Crippen molar-refractivity contribution in [2.24, 2.45) is 0 Å². The van der Waals surface area contributed by atoms with Gasteiger partial charge in [-0.2, -0.15) is 9.57 Å². The predicted octanol–water partition coefficient (Wildman–Crippen LogP) is 4.21. The van der Waals surface area contributed by atoms with E-state index in [0.29, 0.717) is 30.8 Å². The van der Waals surface area contributed by atoms with Crippen LogP contribution in [0.15, 0.2) is 71.6 Å². The lowest BCUT2D eigenvalue weighted by atomic mass is 10.0. The van der Waals surface area contributed by atoms with Crippen molar-refractivity contribution in [3.8, 4) is 6.07 Å². The van der Waals surface area contributed by atoms with Crippen molar-refractivity contribution in [2.45, 2.75) is 17.9 Å². The summed E-state index contributed by atoms with van der Waals surface area (Å²) in [5.74, 6) is -0.471. The van der Waals surface area contributed by atoms with Gasteiger partial charge >= 0.3 is 0 Å². The number of carbonyl (C=O) groups excluding carboxylic acids is 1. The lowest BCUT2D eigenvalue weighted by Gasteiger charge is -2.28. The van der Waals surface area contributed by atoms with Crippen LogP contribution in [-0.4, -0.2) is 25.2 Å². The van der Waals surface area contributed by atoms with Crippen molar-refractivity contribution in [3.05, 3.63) is 94.0 Å². The van der Waals surface area contributed by atoms with Crippen LogP contribution in [0.3, 0.4) is 0 Å². The molecule has 1 N–H and O–H groups in total. The highest BCUT2D eigenvalue weighted by Crippen LogP contribution is 2.26. The van der Waals surface area contributed by atoms with Crippen molar-refractivity contribution in [1.29, 1.82) is 5.26 Å². The number of rotatable bonds is 4. The number of halogens is 1. The molecule has 0 saturated carbocycles. The molecule has 1 aliphatic rings. The highest BCUT2D eigenvalue weighted by molar-refractivity contribution is 7.89. The van der Waals surface area contributed by atoms with Gasteiger partial charge in [0.05, 0.1) is 15.5 Å². The van der Waals surface area contributed by atoms with Crippen LogP contribution in [0.2, 0.25) is 5.02 Å². The molecule has 0 atom stereocenters. The Hall–Kier alpha value is -3.18. The van der Waals surface area contributed by atoms with E-state index in [-0.39, 0.29) is 15.5 Å². The van der Waals surface area contributed by atoms with Gasteiger partial charge in [0, 0.05) is 24.3 Å². The van der Waals surface area contributed by atoms with Crippen LogP contribution in [0.1, 0.15) is 27.0 Å². The first-order valence-corrected chi connectivity index (χ1v) is 11.4. The fraction of sp³-hybridized carbons (Fsp3) is 0.130. The molecule has 4 rings (SSSR count). The largest absolute Gasteiger partial charge is 0.322 e. The minimum Gasteiger partial charge on any atom is -0.322 e. The zero-order valence-corrected chi connectivity index (χ0v) is 17.9. The van der Waals surface area contributed by atoms with Gasteiger partial charge in [-0.3, -0.25) is 4.79 Å². The van der Waals surface area contributed by atoms with Crippen molar-refractivity contribution in [2.75, 3.05) is 11.9 Å². The summed E-state index contributed by atoms with van der Waals surface area (Å²) in [6.07, 6.45) is 0.648. The molecule has 0 spiro atoms. The number of nitrogens with one attached hydrogen (secondary N) is 1. The first-order valence-electron chi connectivity index (χ1n) is 9.56. The molecule has 0 saturated heterocycles. The Bertz CT molecular complexity index is 1320. The Labute approximate surface area is 185 Å². The summed E-state index contributed by atoms with van der Waals surface area (Å²) in [6, 6.07) is 20.3. The lowest BCUT2D eigenvalue weighted by Crippen LogP contribution is -2.36. The fourth-order valence-electron chi connectivity index (χ4n) is 3.51. The summed E-state index contributed by atoms with van der Waals surface area (Å²) in [4.78, 5) is 12.7. The van der Waals surface area contributed by atoms with Gasteiger partial charge in [-0.05, 0) is 53.9 Å². The van der Waals surface area contributed by atoms with E-state index in [9.17, 15) is 13.2 Å². The van der Waals surface area contributed by atoms with Crippen LogP contribution in [0.4, 0.5) is 5.69 Å². The first kappa shape index (κ1) is 21.1. The quantitative estimate of drug-likeness (QED) is 0.643. The van der Waals surface area contributed by atoms with Crippen LogP contribution in [-0.2, 0) is 23.0 Å². The molecule has 1 aliphatic heterocycles. The zero-order chi connectivity index (χ0) is 22.0. The molecule has 0 bridgehead atoms. The SMILES string of the molecule is N#Cc1ccc(NC(=O)c2cccc(S(=O)(=O)N3CCc4ccccc4C3)c2)cc1Cl. The molecule has 0 fully saturated rings. The predicted molar refractivity (Wildman–Crippen MR) is 118 cm³/mol. The van der Waals surface area contributed by atoms with Gasteiger partial charge in [0.2, 0.25) is 10.0 Å².